The lowest BCUT2D eigenvalue weighted by molar-refractivity contribution is -0.144. The fourth-order valence-electron chi connectivity index (χ4n) is 6.30. The van der Waals surface area contributed by atoms with Gasteiger partial charge in [0.25, 0.3) is 0 Å². The molecule has 2 aliphatic heterocycles. The third-order valence-corrected chi connectivity index (χ3v) is 8.64. The van der Waals surface area contributed by atoms with E-state index < -0.39 is 52.4 Å². The molecule has 1 spiro atoms. The van der Waals surface area contributed by atoms with Crippen LogP contribution in [0, 0.1) is 22.6 Å². The van der Waals surface area contributed by atoms with E-state index in [0.717, 1.165) is 0 Å². The van der Waals surface area contributed by atoms with Crippen LogP contribution in [0.2, 0.25) is 10.0 Å². The number of ether oxygens (including phenoxy) is 1. The molecule has 2 amide bonds. The van der Waals surface area contributed by atoms with Crippen molar-refractivity contribution in [2.45, 2.75) is 50.6 Å². The fourth-order valence-corrected chi connectivity index (χ4v) is 6.65. The second-order valence-electron chi connectivity index (χ2n) is 11.7. The van der Waals surface area contributed by atoms with E-state index in [2.05, 4.69) is 16.0 Å². The first-order valence-electron chi connectivity index (χ1n) is 13.6. The topological polar surface area (TPSA) is 120 Å². The minimum absolute atomic E-state index is 0.0595. The van der Waals surface area contributed by atoms with Crippen molar-refractivity contribution >= 4 is 52.4 Å². The summed E-state index contributed by atoms with van der Waals surface area (Å²) in [6.45, 7) is 5.15. The van der Waals surface area contributed by atoms with Gasteiger partial charge in [0.15, 0.2) is 0 Å². The molecule has 3 aromatic rings. The van der Waals surface area contributed by atoms with Gasteiger partial charge >= 0.3 is 5.97 Å². The van der Waals surface area contributed by atoms with Crippen LogP contribution in [-0.2, 0) is 24.5 Å². The number of carbonyl (C=O) groups is 3. The van der Waals surface area contributed by atoms with Crippen molar-refractivity contribution in [3.8, 4) is 6.07 Å². The number of amides is 2. The lowest BCUT2D eigenvalue weighted by Gasteiger charge is -2.38. The van der Waals surface area contributed by atoms with Crippen LogP contribution in [0.3, 0.4) is 0 Å². The van der Waals surface area contributed by atoms with E-state index in [0.29, 0.717) is 27.5 Å². The summed E-state index contributed by atoms with van der Waals surface area (Å²) >= 11 is 12.5. The van der Waals surface area contributed by atoms with E-state index in [-0.39, 0.29) is 23.6 Å². The Morgan fingerprint density at radius 1 is 1.14 bits per heavy atom. The molecule has 1 fully saturated rings. The molecule has 0 aromatic heterocycles. The summed E-state index contributed by atoms with van der Waals surface area (Å²) in [5.74, 6) is -3.17. The van der Waals surface area contributed by atoms with Gasteiger partial charge in [0.2, 0.25) is 11.8 Å². The fraction of sp³-hybridized carbons (Fsp3) is 0.312. The highest BCUT2D eigenvalue weighted by Crippen LogP contribution is 2.57. The molecule has 4 atom stereocenters. The van der Waals surface area contributed by atoms with Crippen molar-refractivity contribution in [3.63, 3.8) is 0 Å². The molecule has 43 heavy (non-hydrogen) atoms. The summed E-state index contributed by atoms with van der Waals surface area (Å²) in [7, 11) is 0. The molecule has 5 rings (SSSR count). The van der Waals surface area contributed by atoms with E-state index in [1.807, 2.05) is 19.9 Å². The number of rotatable bonds is 7. The van der Waals surface area contributed by atoms with E-state index >= 15 is 4.39 Å². The van der Waals surface area contributed by atoms with Crippen molar-refractivity contribution in [2.24, 2.45) is 5.41 Å². The monoisotopic (exact) mass is 622 g/mol. The van der Waals surface area contributed by atoms with Crippen LogP contribution in [0.25, 0.3) is 0 Å². The molecule has 1 saturated heterocycles. The highest BCUT2D eigenvalue weighted by atomic mass is 35.5. The average Bonchev–Trinajstić information content (AvgIpc) is 3.43. The number of hydrogen-bond donors (Lipinski definition) is 3. The smallest absolute Gasteiger partial charge is 0.302 e. The Kier molecular flexibility index (Phi) is 8.23. The van der Waals surface area contributed by atoms with Gasteiger partial charge in [-0.25, -0.2) is 4.39 Å². The summed E-state index contributed by atoms with van der Waals surface area (Å²) in [4.78, 5) is 40.0. The van der Waals surface area contributed by atoms with Gasteiger partial charge in [-0.3, -0.25) is 14.4 Å². The standard InChI is InChI=1S/C32H29Cl2FN4O4/c1-17(40)43-16-31(2,3)14-25-32(22-12-9-19(33)13-24(22)38-30(32)42)26(21-5-4-6-23(34)27(21)35)28(39-25)29(41)37-20-10-7-18(15-36)8-11-20/h4-13,25-26,28,39H,14,16H2,1-3H3,(H,37,41)(H,38,42)/t25-,26-,28+,32?/m0/s1. The van der Waals surface area contributed by atoms with Crippen LogP contribution in [0.4, 0.5) is 15.8 Å². The zero-order chi connectivity index (χ0) is 31.1. The third kappa shape index (κ3) is 5.58. The van der Waals surface area contributed by atoms with Crippen LogP contribution in [-0.4, -0.2) is 36.5 Å². The second kappa shape index (κ2) is 11.6. The van der Waals surface area contributed by atoms with E-state index in [1.165, 1.54) is 19.1 Å². The molecule has 2 heterocycles. The third-order valence-electron chi connectivity index (χ3n) is 8.11. The Balaban J connectivity index is 1.69. The van der Waals surface area contributed by atoms with Crippen molar-refractivity contribution in [2.75, 3.05) is 17.2 Å². The first-order chi connectivity index (χ1) is 20.4. The Bertz CT molecular complexity index is 1660. The Hall–Kier alpha value is -3.97. The van der Waals surface area contributed by atoms with E-state index in [1.54, 1.807) is 48.5 Å². The molecule has 1 unspecified atom stereocenters. The first kappa shape index (κ1) is 30.5. The van der Waals surface area contributed by atoms with E-state index in [4.69, 9.17) is 33.2 Å². The number of benzene rings is 3. The molecule has 11 heteroatoms. The number of nitrogens with one attached hydrogen (secondary N) is 3. The number of halogens is 3. The SMILES string of the molecule is CC(=O)OCC(C)(C)C[C@@H]1N[C@@H](C(=O)Nc2ccc(C#N)cc2)[C@H](c2cccc(Cl)c2F)C12C(=O)Nc1cc(Cl)ccc12. The van der Waals surface area contributed by atoms with Gasteiger partial charge in [-0.1, -0.05) is 55.2 Å². The Labute approximate surface area is 258 Å². The maximum absolute atomic E-state index is 15.9. The molecule has 2 aliphatic rings. The number of esters is 1. The normalized spacial score (nSPS) is 22.5. The number of fused-ring (bicyclic) bond motifs is 2. The van der Waals surface area contributed by atoms with Gasteiger partial charge in [-0.2, -0.15) is 5.26 Å². The second-order valence-corrected chi connectivity index (χ2v) is 12.5. The van der Waals surface area contributed by atoms with Crippen molar-refractivity contribution < 1.29 is 23.5 Å². The van der Waals surface area contributed by atoms with Crippen LogP contribution in [0.15, 0.2) is 60.7 Å². The van der Waals surface area contributed by atoms with Crippen molar-refractivity contribution in [1.29, 1.82) is 5.26 Å². The summed E-state index contributed by atoms with van der Waals surface area (Å²) < 4.78 is 21.3. The summed E-state index contributed by atoms with van der Waals surface area (Å²) in [6, 6.07) is 16.0. The molecule has 0 saturated carbocycles. The zero-order valence-electron chi connectivity index (χ0n) is 23.6. The maximum Gasteiger partial charge on any atom is 0.302 e. The number of carbonyl (C=O) groups excluding carboxylic acids is 3. The number of nitriles is 1. The Morgan fingerprint density at radius 3 is 2.53 bits per heavy atom. The molecular formula is C32H29Cl2FN4O4. The molecule has 0 bridgehead atoms. The lowest BCUT2D eigenvalue weighted by Crippen LogP contribution is -2.50. The van der Waals surface area contributed by atoms with Gasteiger partial charge < -0.3 is 20.7 Å². The quantitative estimate of drug-likeness (QED) is 0.281. The lowest BCUT2D eigenvalue weighted by atomic mass is 9.62. The van der Waals surface area contributed by atoms with Crippen LogP contribution in [0.5, 0.6) is 0 Å². The van der Waals surface area contributed by atoms with Gasteiger partial charge in [0.05, 0.1) is 29.3 Å². The largest absolute Gasteiger partial charge is 0.465 e. The minimum Gasteiger partial charge on any atom is -0.465 e. The van der Waals surface area contributed by atoms with Crippen LogP contribution in [0.1, 0.15) is 49.8 Å². The summed E-state index contributed by atoms with van der Waals surface area (Å²) in [5, 5.41) is 18.6. The van der Waals surface area contributed by atoms with Gasteiger partial charge in [0.1, 0.15) is 11.2 Å². The van der Waals surface area contributed by atoms with E-state index in [9.17, 15) is 14.4 Å². The predicted octanol–water partition coefficient (Wildman–Crippen LogP) is 5.94. The molecule has 0 radical (unpaired) electrons. The number of hydrogen-bond acceptors (Lipinski definition) is 6. The predicted molar refractivity (Wildman–Crippen MR) is 161 cm³/mol. The highest BCUT2D eigenvalue weighted by molar-refractivity contribution is 6.31. The molecule has 3 aromatic carbocycles. The molecule has 8 nitrogen and oxygen atoms in total. The molecule has 222 valence electrons. The van der Waals surface area contributed by atoms with Crippen molar-refractivity contribution in [3.05, 3.63) is 93.2 Å². The Morgan fingerprint density at radius 2 is 1.86 bits per heavy atom. The average molecular weight is 624 g/mol. The molecule has 3 N–H and O–H groups in total. The zero-order valence-corrected chi connectivity index (χ0v) is 25.1. The van der Waals surface area contributed by atoms with Crippen LogP contribution < -0.4 is 16.0 Å². The van der Waals surface area contributed by atoms with Gasteiger partial charge in [-0.05, 0) is 60.0 Å². The molecule has 0 aliphatic carbocycles. The van der Waals surface area contributed by atoms with Crippen LogP contribution >= 0.6 is 23.2 Å². The summed E-state index contributed by atoms with van der Waals surface area (Å²) in [6.07, 6.45) is 0.273. The maximum atomic E-state index is 15.9. The molecular weight excluding hydrogens is 594 g/mol. The first-order valence-corrected chi connectivity index (χ1v) is 14.4. The number of anilines is 2. The number of nitrogens with zero attached hydrogens (tertiary/aromatic N) is 1. The summed E-state index contributed by atoms with van der Waals surface area (Å²) in [5.41, 5.74) is -0.177. The van der Waals surface area contributed by atoms with Gasteiger partial charge in [-0.15, -0.1) is 0 Å². The highest BCUT2D eigenvalue weighted by Gasteiger charge is 2.66. The minimum atomic E-state index is -1.48. The van der Waals surface area contributed by atoms with Crippen molar-refractivity contribution in [1.82, 2.24) is 5.32 Å². The van der Waals surface area contributed by atoms with Gasteiger partial charge in [0, 0.05) is 40.7 Å².